The molecule has 3 unspecified atom stereocenters. The maximum Gasteiger partial charge on any atom is 0.174 e. The van der Waals surface area contributed by atoms with Crippen LogP contribution < -0.4 is 9.47 Å². The molecule has 74 heavy (non-hydrogen) atoms. The molecule has 5 fully saturated rings. The standard InChI is InChI=1S/C30H21S.C22H27OS.C17H25OS/c1-4-16-25-22(10-1)13-7-19-28(25)31(29-20-8-14-23-11-2-5-17-26(23)29)30-21-9-15-24-12-3-6-18-27(24)30;1-2-6-20-19(5-1)21(9-10-22(20)24-11-3-4-12-24)23-15-18-14-16-7-8-17(18)13-16;1-2-6-15(7-3-1)14-18-16-8-10-17(11-9-16)19-12-4-5-13-19/h1-21H;1-2,5-6,9-10,16-18H,3-4,7-8,11-15H2;8-11,15H,1-7,12-14H2/q3*+1. The molecule has 2 saturated heterocycles. The molecule has 5 heteroatoms. The topological polar surface area (TPSA) is 18.5 Å². The minimum absolute atomic E-state index is 0.238. The molecule has 3 saturated carbocycles. The molecule has 9 aromatic rings. The van der Waals surface area contributed by atoms with Crippen LogP contribution in [0.3, 0.4) is 0 Å². The highest BCUT2D eigenvalue weighted by atomic mass is 32.2. The number of hydrogen-bond donors (Lipinski definition) is 0. The van der Waals surface area contributed by atoms with Gasteiger partial charge < -0.3 is 9.47 Å². The average Bonchev–Trinajstić information content (AvgIpc) is 4.35. The normalized spacial score (nSPS) is 20.0. The minimum atomic E-state index is -0.238. The zero-order valence-electron chi connectivity index (χ0n) is 43.2. The predicted octanol–water partition coefficient (Wildman–Crippen LogP) is 18.1. The van der Waals surface area contributed by atoms with Gasteiger partial charge >= 0.3 is 0 Å². The summed E-state index contributed by atoms with van der Waals surface area (Å²) in [5.41, 5.74) is 0. The van der Waals surface area contributed by atoms with E-state index in [0.29, 0.717) is 21.8 Å². The molecule has 0 radical (unpaired) electrons. The van der Waals surface area contributed by atoms with Crippen LogP contribution in [-0.4, -0.2) is 36.2 Å². The van der Waals surface area contributed by atoms with Crippen LogP contribution in [0.25, 0.3) is 43.1 Å². The van der Waals surface area contributed by atoms with Gasteiger partial charge in [0.05, 0.1) is 13.2 Å². The molecule has 3 atom stereocenters. The van der Waals surface area contributed by atoms with Crippen molar-refractivity contribution in [1.29, 1.82) is 0 Å². The Morgan fingerprint density at radius 2 is 0.905 bits per heavy atom. The quantitative estimate of drug-likeness (QED) is 0.120. The van der Waals surface area contributed by atoms with Crippen molar-refractivity contribution in [3.05, 3.63) is 188 Å². The van der Waals surface area contributed by atoms with E-state index >= 15 is 0 Å². The van der Waals surface area contributed by atoms with E-state index in [0.717, 1.165) is 48.4 Å². The number of hydrogen-bond acceptors (Lipinski definition) is 2. The van der Waals surface area contributed by atoms with Gasteiger partial charge in [-0.15, -0.1) is 0 Å². The maximum absolute atomic E-state index is 6.38. The third-order valence-corrected chi connectivity index (χ3v) is 24.3. The molecule has 2 nitrogen and oxygen atoms in total. The molecule has 14 rings (SSSR count). The monoisotopic (exact) mass is 1030 g/mol. The summed E-state index contributed by atoms with van der Waals surface area (Å²) in [5.74, 6) is 11.3. The Labute approximate surface area is 449 Å². The second-order valence-corrected chi connectivity index (χ2v) is 28.0. The first-order valence-corrected chi connectivity index (χ1v) is 32.5. The van der Waals surface area contributed by atoms with Gasteiger partial charge in [0.15, 0.2) is 24.5 Å². The first kappa shape index (κ1) is 49.5. The summed E-state index contributed by atoms with van der Waals surface area (Å²) in [6, 6.07) is 69.0. The second-order valence-electron chi connectivity index (χ2n) is 21.6. The lowest BCUT2D eigenvalue weighted by atomic mass is 9.89. The van der Waals surface area contributed by atoms with Crippen LogP contribution in [0.5, 0.6) is 11.5 Å². The molecule has 0 aromatic heterocycles. The fourth-order valence-corrected chi connectivity index (χ4v) is 20.3. The van der Waals surface area contributed by atoms with E-state index in [1.165, 1.54) is 164 Å². The van der Waals surface area contributed by atoms with E-state index in [4.69, 9.17) is 9.47 Å². The van der Waals surface area contributed by atoms with Crippen molar-refractivity contribution in [3.63, 3.8) is 0 Å². The number of benzene rings is 9. The van der Waals surface area contributed by atoms with E-state index in [1.54, 1.807) is 9.79 Å². The summed E-state index contributed by atoms with van der Waals surface area (Å²) in [6.45, 7) is 1.85. The summed E-state index contributed by atoms with van der Waals surface area (Å²) in [5, 5.41) is 10.6. The van der Waals surface area contributed by atoms with Crippen molar-refractivity contribution in [2.75, 3.05) is 36.2 Å². The molecule has 2 aliphatic heterocycles. The van der Waals surface area contributed by atoms with Crippen LogP contribution >= 0.6 is 0 Å². The van der Waals surface area contributed by atoms with Gasteiger partial charge in [-0.3, -0.25) is 0 Å². The van der Waals surface area contributed by atoms with Gasteiger partial charge in [-0.1, -0.05) is 135 Å². The van der Waals surface area contributed by atoms with Crippen LogP contribution in [0.15, 0.2) is 213 Å². The highest BCUT2D eigenvalue weighted by Crippen LogP contribution is 2.49. The van der Waals surface area contributed by atoms with Crippen LogP contribution in [0.2, 0.25) is 0 Å². The van der Waals surface area contributed by atoms with Crippen molar-refractivity contribution in [2.45, 2.75) is 108 Å². The Morgan fingerprint density at radius 1 is 0.392 bits per heavy atom. The van der Waals surface area contributed by atoms with Crippen molar-refractivity contribution >= 4 is 75.8 Å². The largest absolute Gasteiger partial charge is 0.493 e. The molecule has 5 aliphatic rings. The smallest absolute Gasteiger partial charge is 0.174 e. The summed E-state index contributed by atoms with van der Waals surface area (Å²) < 4.78 is 12.3. The minimum Gasteiger partial charge on any atom is -0.493 e. The van der Waals surface area contributed by atoms with Crippen molar-refractivity contribution < 1.29 is 9.47 Å². The number of rotatable bonds is 11. The van der Waals surface area contributed by atoms with E-state index in [9.17, 15) is 0 Å². The average molecular weight is 1030 g/mol. The fraction of sp³-hybridized carbons (Fsp3) is 0.333. The summed E-state index contributed by atoms with van der Waals surface area (Å²) >= 11 is 0. The molecule has 0 spiro atoms. The van der Waals surface area contributed by atoms with Gasteiger partial charge in [0.1, 0.15) is 45.4 Å². The van der Waals surface area contributed by atoms with Gasteiger partial charge in [0, 0.05) is 48.7 Å². The highest BCUT2D eigenvalue weighted by molar-refractivity contribution is 7.98. The van der Waals surface area contributed by atoms with Crippen molar-refractivity contribution in [1.82, 2.24) is 0 Å². The molecule has 376 valence electrons. The Morgan fingerprint density at radius 3 is 1.45 bits per heavy atom. The van der Waals surface area contributed by atoms with Crippen LogP contribution in [0, 0.1) is 23.7 Å². The first-order valence-electron chi connectivity index (χ1n) is 28.1. The van der Waals surface area contributed by atoms with E-state index < -0.39 is 0 Å². The Hall–Kier alpha value is -5.33. The summed E-state index contributed by atoms with van der Waals surface area (Å²) in [6.07, 6.45) is 18.4. The molecular weight excluding hydrogens is 957 g/mol. The lowest BCUT2D eigenvalue weighted by Crippen LogP contribution is -2.18. The van der Waals surface area contributed by atoms with Gasteiger partial charge in [0.25, 0.3) is 0 Å². The Balaban J connectivity index is 0.000000116. The van der Waals surface area contributed by atoms with Crippen molar-refractivity contribution in [3.8, 4) is 11.5 Å². The molecule has 2 heterocycles. The first-order chi connectivity index (χ1) is 36.7. The predicted molar refractivity (Wildman–Crippen MR) is 320 cm³/mol. The Kier molecular flexibility index (Phi) is 15.9. The molecule has 3 aliphatic carbocycles. The van der Waals surface area contributed by atoms with Gasteiger partial charge in [-0.25, -0.2) is 0 Å². The summed E-state index contributed by atoms with van der Waals surface area (Å²) in [4.78, 5) is 7.26. The molecule has 0 N–H and O–H groups in total. The third-order valence-electron chi connectivity index (χ3n) is 16.8. The number of fused-ring (bicyclic) bond motifs is 6. The van der Waals surface area contributed by atoms with E-state index in [1.807, 2.05) is 0 Å². The van der Waals surface area contributed by atoms with Gasteiger partial charge in [-0.05, 0) is 176 Å². The third kappa shape index (κ3) is 11.1. The van der Waals surface area contributed by atoms with Crippen LogP contribution in [-0.2, 0) is 32.7 Å². The summed E-state index contributed by atoms with van der Waals surface area (Å²) in [7, 11) is 0.763. The zero-order valence-corrected chi connectivity index (χ0v) is 45.6. The Bertz CT molecular complexity index is 3090. The van der Waals surface area contributed by atoms with E-state index in [2.05, 4.69) is 188 Å². The maximum atomic E-state index is 6.38. The SMILES string of the molecule is c1cc([S+]2CCCC2)ccc1OCC1CCCCC1.c1ccc2c([S+](c3cccc4ccccc34)c3cccc4ccccc34)cccc2c1.c1ccc2c([S+]3CCCC3)ccc(OCC3CC4CCC3C4)c2c1. The van der Waals surface area contributed by atoms with Crippen LogP contribution in [0.4, 0.5) is 0 Å². The lowest BCUT2D eigenvalue weighted by molar-refractivity contribution is 0.197. The van der Waals surface area contributed by atoms with Crippen molar-refractivity contribution in [2.24, 2.45) is 23.7 Å². The molecule has 0 amide bonds. The van der Waals surface area contributed by atoms with Crippen LogP contribution in [0.1, 0.15) is 83.5 Å². The van der Waals surface area contributed by atoms with Gasteiger partial charge in [0.2, 0.25) is 0 Å². The molecular formula is C69H73O2S3+3. The zero-order chi connectivity index (χ0) is 49.5. The van der Waals surface area contributed by atoms with Gasteiger partial charge in [-0.2, -0.15) is 0 Å². The number of ether oxygens (including phenoxy) is 2. The molecule has 2 bridgehead atoms. The second kappa shape index (κ2) is 23.7. The lowest BCUT2D eigenvalue weighted by Gasteiger charge is -2.22. The highest BCUT2D eigenvalue weighted by Gasteiger charge is 2.40. The molecule has 9 aromatic carbocycles. The van der Waals surface area contributed by atoms with E-state index in [-0.39, 0.29) is 10.9 Å². The fourth-order valence-electron chi connectivity index (χ4n) is 12.9.